The summed E-state index contributed by atoms with van der Waals surface area (Å²) in [5.74, 6) is 1.04. The summed E-state index contributed by atoms with van der Waals surface area (Å²) in [6.07, 6.45) is 10.5. The molecule has 0 saturated heterocycles. The van der Waals surface area contributed by atoms with Crippen molar-refractivity contribution >= 4 is 0 Å². The predicted octanol–water partition coefficient (Wildman–Crippen LogP) is 2.75. The van der Waals surface area contributed by atoms with E-state index < -0.39 is 0 Å². The van der Waals surface area contributed by atoms with Crippen molar-refractivity contribution in [3.05, 3.63) is 12.2 Å². The maximum absolute atomic E-state index is 2.43. The summed E-state index contributed by atoms with van der Waals surface area (Å²) in [5, 5.41) is 0. The molecule has 0 heteroatoms. The Hall–Kier alpha value is -0.260. The van der Waals surface area contributed by atoms with E-state index in [2.05, 4.69) is 19.1 Å². The van der Waals surface area contributed by atoms with Crippen LogP contribution in [-0.4, -0.2) is 0 Å². The van der Waals surface area contributed by atoms with Gasteiger partial charge in [-0.15, -0.1) is 0 Å². The van der Waals surface area contributed by atoms with Gasteiger partial charge in [0, 0.05) is 0 Å². The second-order valence-corrected chi connectivity index (χ2v) is 3.90. The van der Waals surface area contributed by atoms with Crippen molar-refractivity contribution in [2.24, 2.45) is 11.3 Å². The third-order valence-electron chi connectivity index (χ3n) is 2.87. The molecule has 0 aromatic rings. The van der Waals surface area contributed by atoms with Gasteiger partial charge in [-0.1, -0.05) is 19.1 Å². The third kappa shape index (κ3) is 0.810. The molecule has 2 aliphatic carbocycles. The number of allylic oxidation sites excluding steroid dienone is 2. The van der Waals surface area contributed by atoms with E-state index in [1.54, 1.807) is 0 Å². The van der Waals surface area contributed by atoms with Crippen molar-refractivity contribution in [3.8, 4) is 0 Å². The van der Waals surface area contributed by atoms with E-state index in [9.17, 15) is 0 Å². The van der Waals surface area contributed by atoms with Gasteiger partial charge in [-0.2, -0.15) is 0 Å². The maximum atomic E-state index is 2.43. The van der Waals surface area contributed by atoms with Crippen LogP contribution < -0.4 is 0 Å². The molecule has 9 heavy (non-hydrogen) atoms. The Morgan fingerprint density at radius 1 is 1.56 bits per heavy atom. The molecule has 1 fully saturated rings. The zero-order chi connectivity index (χ0) is 6.32. The quantitative estimate of drug-likeness (QED) is 0.433. The zero-order valence-electron chi connectivity index (χ0n) is 6.06. The van der Waals surface area contributed by atoms with Gasteiger partial charge >= 0.3 is 0 Å². The fraction of sp³-hybridized carbons (Fsp3) is 0.778. The van der Waals surface area contributed by atoms with Crippen LogP contribution in [0.4, 0.5) is 0 Å². The second-order valence-electron chi connectivity index (χ2n) is 3.90. The molecule has 2 aliphatic rings. The van der Waals surface area contributed by atoms with Crippen molar-refractivity contribution in [1.29, 1.82) is 0 Å². The number of hydrogen-bond donors (Lipinski definition) is 0. The van der Waals surface area contributed by atoms with Crippen molar-refractivity contribution in [1.82, 2.24) is 0 Å². The SMILES string of the molecule is C[C@]12C=CC[C@H](CC1)C2. The molecule has 0 radical (unpaired) electrons. The highest BCUT2D eigenvalue weighted by atomic mass is 14.4. The third-order valence-corrected chi connectivity index (χ3v) is 2.87. The van der Waals surface area contributed by atoms with Gasteiger partial charge in [0.05, 0.1) is 0 Å². The van der Waals surface area contributed by atoms with Crippen LogP contribution in [0.2, 0.25) is 0 Å². The van der Waals surface area contributed by atoms with Crippen LogP contribution in [0.1, 0.15) is 32.6 Å². The first kappa shape index (κ1) is 5.52. The van der Waals surface area contributed by atoms with Gasteiger partial charge in [0.1, 0.15) is 0 Å². The average molecular weight is 122 g/mol. The van der Waals surface area contributed by atoms with Crippen LogP contribution >= 0.6 is 0 Å². The van der Waals surface area contributed by atoms with Gasteiger partial charge in [-0.25, -0.2) is 0 Å². The van der Waals surface area contributed by atoms with E-state index in [0.29, 0.717) is 5.41 Å². The monoisotopic (exact) mass is 122 g/mol. The highest BCUT2D eigenvalue weighted by molar-refractivity contribution is 5.07. The Labute approximate surface area is 57.0 Å². The van der Waals surface area contributed by atoms with Crippen molar-refractivity contribution in [2.45, 2.75) is 32.6 Å². The van der Waals surface area contributed by atoms with Gasteiger partial charge in [-0.05, 0) is 37.0 Å². The van der Waals surface area contributed by atoms with E-state index in [-0.39, 0.29) is 0 Å². The summed E-state index contributed by atoms with van der Waals surface area (Å²) >= 11 is 0. The van der Waals surface area contributed by atoms with Crippen LogP contribution in [0.3, 0.4) is 0 Å². The fourth-order valence-corrected chi connectivity index (χ4v) is 2.30. The lowest BCUT2D eigenvalue weighted by Gasteiger charge is -2.22. The highest BCUT2D eigenvalue weighted by Crippen LogP contribution is 2.47. The molecule has 2 rings (SSSR count). The molecule has 1 saturated carbocycles. The van der Waals surface area contributed by atoms with Crippen LogP contribution in [-0.2, 0) is 0 Å². The van der Waals surface area contributed by atoms with Crippen molar-refractivity contribution < 1.29 is 0 Å². The molecular formula is C9H14. The van der Waals surface area contributed by atoms with Crippen LogP contribution in [0.25, 0.3) is 0 Å². The van der Waals surface area contributed by atoms with Crippen LogP contribution in [0, 0.1) is 11.3 Å². The van der Waals surface area contributed by atoms with E-state index in [1.165, 1.54) is 25.7 Å². The molecule has 2 atom stereocenters. The molecule has 0 heterocycles. The van der Waals surface area contributed by atoms with Gasteiger partial charge in [0.2, 0.25) is 0 Å². The summed E-state index contributed by atoms with van der Waals surface area (Å²) < 4.78 is 0. The van der Waals surface area contributed by atoms with Crippen LogP contribution in [0.5, 0.6) is 0 Å². The lowest BCUT2D eigenvalue weighted by atomic mass is 9.83. The van der Waals surface area contributed by atoms with Crippen LogP contribution in [0.15, 0.2) is 12.2 Å². The summed E-state index contributed by atoms with van der Waals surface area (Å²) in [7, 11) is 0. The highest BCUT2D eigenvalue weighted by Gasteiger charge is 2.34. The summed E-state index contributed by atoms with van der Waals surface area (Å²) in [4.78, 5) is 0. The smallest absolute Gasteiger partial charge is 0.0144 e. The summed E-state index contributed by atoms with van der Waals surface area (Å²) in [6.45, 7) is 2.39. The molecule has 2 bridgehead atoms. The zero-order valence-corrected chi connectivity index (χ0v) is 6.06. The number of hydrogen-bond acceptors (Lipinski definition) is 0. The summed E-state index contributed by atoms with van der Waals surface area (Å²) in [5.41, 5.74) is 0.614. The fourth-order valence-electron chi connectivity index (χ4n) is 2.30. The molecule has 0 aliphatic heterocycles. The first-order chi connectivity index (χ1) is 4.29. The summed E-state index contributed by atoms with van der Waals surface area (Å²) in [6, 6.07) is 0. The molecule has 0 spiro atoms. The van der Waals surface area contributed by atoms with E-state index >= 15 is 0 Å². The Kier molecular flexibility index (Phi) is 0.992. The molecular weight excluding hydrogens is 108 g/mol. The largest absolute Gasteiger partial charge is 0.0877 e. The van der Waals surface area contributed by atoms with Gasteiger partial charge in [0.15, 0.2) is 0 Å². The van der Waals surface area contributed by atoms with Crippen molar-refractivity contribution in [3.63, 3.8) is 0 Å². The minimum atomic E-state index is 0.614. The average Bonchev–Trinajstić information content (AvgIpc) is 2.07. The number of fused-ring (bicyclic) bond motifs is 2. The molecule has 0 amide bonds. The molecule has 0 unspecified atom stereocenters. The first-order valence-corrected chi connectivity index (χ1v) is 3.96. The Morgan fingerprint density at radius 3 is 3.11 bits per heavy atom. The van der Waals surface area contributed by atoms with Crippen molar-refractivity contribution in [2.75, 3.05) is 0 Å². The Balaban J connectivity index is 2.26. The van der Waals surface area contributed by atoms with Gasteiger partial charge in [0.25, 0.3) is 0 Å². The first-order valence-electron chi connectivity index (χ1n) is 3.96. The van der Waals surface area contributed by atoms with Gasteiger partial charge < -0.3 is 0 Å². The second kappa shape index (κ2) is 1.62. The normalized spacial score (nSPS) is 47.9. The molecule has 0 nitrogen and oxygen atoms in total. The number of rotatable bonds is 0. The Morgan fingerprint density at radius 2 is 2.44 bits per heavy atom. The minimum Gasteiger partial charge on any atom is -0.0877 e. The molecule has 0 N–H and O–H groups in total. The standard InChI is InChI=1S/C9H14/c1-9-5-2-3-8(7-9)4-6-9/h2,5,8H,3-4,6-7H2,1H3/t8-,9+/m1/s1. The van der Waals surface area contributed by atoms with E-state index in [4.69, 9.17) is 0 Å². The lowest BCUT2D eigenvalue weighted by molar-refractivity contribution is 0.397. The minimum absolute atomic E-state index is 0.614. The molecule has 0 aromatic heterocycles. The topological polar surface area (TPSA) is 0 Å². The lowest BCUT2D eigenvalue weighted by Crippen LogP contribution is -2.10. The van der Waals surface area contributed by atoms with Gasteiger partial charge in [-0.3, -0.25) is 0 Å². The predicted molar refractivity (Wildman–Crippen MR) is 39.2 cm³/mol. The maximum Gasteiger partial charge on any atom is -0.0144 e. The molecule has 50 valence electrons. The van der Waals surface area contributed by atoms with E-state index in [1.807, 2.05) is 0 Å². The van der Waals surface area contributed by atoms with E-state index in [0.717, 1.165) is 5.92 Å². The Bertz CT molecular complexity index is 146. The molecule has 0 aromatic carbocycles.